The lowest BCUT2D eigenvalue weighted by Crippen LogP contribution is -2.63. The average Bonchev–Trinajstić information content (AvgIpc) is 2.32. The van der Waals surface area contributed by atoms with E-state index >= 15 is 0 Å². The van der Waals surface area contributed by atoms with Crippen molar-refractivity contribution in [3.05, 3.63) is 0 Å². The molecule has 2 fully saturated rings. The number of ether oxygens (including phenoxy) is 2. The van der Waals surface area contributed by atoms with E-state index < -0.39 is 5.60 Å². The van der Waals surface area contributed by atoms with Crippen molar-refractivity contribution in [1.29, 1.82) is 0 Å². The Morgan fingerprint density at radius 2 is 2.05 bits per heavy atom. The molecular weight excluding hydrogens is 256 g/mol. The Labute approximate surface area is 122 Å². The van der Waals surface area contributed by atoms with Crippen molar-refractivity contribution >= 4 is 6.09 Å². The molecule has 1 amide bonds. The lowest BCUT2D eigenvalue weighted by Gasteiger charge is -2.46. The fraction of sp³-hybridized carbons (Fsp3) is 0.933. The predicted octanol–water partition coefficient (Wildman–Crippen LogP) is 2.15. The summed E-state index contributed by atoms with van der Waals surface area (Å²) in [6, 6.07) is 0.237. The molecule has 0 aromatic rings. The summed E-state index contributed by atoms with van der Waals surface area (Å²) in [7, 11) is 1.77. The molecule has 0 aromatic carbocycles. The number of piperidine rings is 1. The molecule has 2 rings (SSSR count). The van der Waals surface area contributed by atoms with Gasteiger partial charge >= 0.3 is 6.09 Å². The van der Waals surface area contributed by atoms with E-state index in [-0.39, 0.29) is 17.7 Å². The van der Waals surface area contributed by atoms with Crippen molar-refractivity contribution in [3.63, 3.8) is 0 Å². The molecule has 0 aliphatic carbocycles. The van der Waals surface area contributed by atoms with Crippen LogP contribution < -0.4 is 5.32 Å². The Kier molecular flexibility index (Phi) is 4.59. The molecule has 1 unspecified atom stereocenters. The Hall–Kier alpha value is -0.810. The molecule has 0 spiro atoms. The standard InChI is InChI=1S/C15H28N2O3/c1-14(2,3)20-13(18)17-8-6-5-7-12(17)9-15(19-4)10-16-11-15/h12,16H,5-11H2,1-4H3. The van der Waals surface area contributed by atoms with Gasteiger partial charge in [0.25, 0.3) is 0 Å². The molecule has 0 radical (unpaired) electrons. The van der Waals surface area contributed by atoms with Crippen LogP contribution in [0.25, 0.3) is 0 Å². The van der Waals surface area contributed by atoms with Gasteiger partial charge in [0.05, 0.1) is 5.60 Å². The Morgan fingerprint density at radius 1 is 1.35 bits per heavy atom. The third-order valence-corrected chi connectivity index (χ3v) is 4.19. The van der Waals surface area contributed by atoms with Crippen LogP contribution in [0.4, 0.5) is 4.79 Å². The maximum atomic E-state index is 12.4. The van der Waals surface area contributed by atoms with Crippen molar-refractivity contribution in [2.75, 3.05) is 26.7 Å². The summed E-state index contributed by atoms with van der Waals surface area (Å²) in [6.07, 6.45) is 4.01. The Morgan fingerprint density at radius 3 is 2.55 bits per heavy atom. The number of hydrogen-bond donors (Lipinski definition) is 1. The first-order valence-electron chi connectivity index (χ1n) is 7.61. The minimum atomic E-state index is -0.434. The molecule has 0 saturated carbocycles. The number of hydrogen-bond acceptors (Lipinski definition) is 4. The lowest BCUT2D eigenvalue weighted by atomic mass is 9.85. The zero-order chi connectivity index (χ0) is 14.8. The van der Waals surface area contributed by atoms with Gasteiger partial charge in [0.15, 0.2) is 0 Å². The largest absolute Gasteiger partial charge is 0.444 e. The third kappa shape index (κ3) is 3.64. The first kappa shape index (κ1) is 15.6. The van der Waals surface area contributed by atoms with Crippen LogP contribution >= 0.6 is 0 Å². The maximum absolute atomic E-state index is 12.4. The molecule has 2 heterocycles. The van der Waals surface area contributed by atoms with E-state index in [0.717, 1.165) is 38.9 Å². The quantitative estimate of drug-likeness (QED) is 0.863. The minimum Gasteiger partial charge on any atom is -0.444 e. The highest BCUT2D eigenvalue weighted by Crippen LogP contribution is 2.30. The van der Waals surface area contributed by atoms with Crippen molar-refractivity contribution in [1.82, 2.24) is 10.2 Å². The maximum Gasteiger partial charge on any atom is 0.410 e. The topological polar surface area (TPSA) is 50.8 Å². The lowest BCUT2D eigenvalue weighted by molar-refractivity contribution is -0.0778. The summed E-state index contributed by atoms with van der Waals surface area (Å²) < 4.78 is 11.2. The van der Waals surface area contributed by atoms with Crippen molar-refractivity contribution < 1.29 is 14.3 Å². The monoisotopic (exact) mass is 284 g/mol. The van der Waals surface area contributed by atoms with Crippen LogP contribution in [-0.2, 0) is 9.47 Å². The van der Waals surface area contributed by atoms with Crippen molar-refractivity contribution in [2.24, 2.45) is 0 Å². The van der Waals surface area contributed by atoms with Crippen LogP contribution in [0.1, 0.15) is 46.5 Å². The molecule has 116 valence electrons. The predicted molar refractivity (Wildman–Crippen MR) is 77.8 cm³/mol. The minimum absolute atomic E-state index is 0.0950. The smallest absolute Gasteiger partial charge is 0.410 e. The highest BCUT2D eigenvalue weighted by atomic mass is 16.6. The van der Waals surface area contributed by atoms with Crippen LogP contribution in [-0.4, -0.2) is 55.0 Å². The van der Waals surface area contributed by atoms with Gasteiger partial charge in [-0.2, -0.15) is 0 Å². The molecule has 5 nitrogen and oxygen atoms in total. The first-order chi connectivity index (χ1) is 9.35. The number of carbonyl (C=O) groups is 1. The summed E-state index contributed by atoms with van der Waals surface area (Å²) in [5, 5.41) is 3.27. The second-order valence-corrected chi connectivity index (χ2v) is 7.02. The van der Waals surface area contributed by atoms with Crippen LogP contribution in [0.15, 0.2) is 0 Å². The Bertz CT molecular complexity index is 342. The number of nitrogens with one attached hydrogen (secondary N) is 1. The van der Waals surface area contributed by atoms with Gasteiger partial charge in [0.2, 0.25) is 0 Å². The van der Waals surface area contributed by atoms with Crippen LogP contribution in [0, 0.1) is 0 Å². The van der Waals surface area contributed by atoms with Crippen molar-refractivity contribution in [2.45, 2.75) is 63.7 Å². The fourth-order valence-electron chi connectivity index (χ4n) is 2.98. The zero-order valence-electron chi connectivity index (χ0n) is 13.2. The SMILES string of the molecule is COC1(CC2CCCCN2C(=O)OC(C)(C)C)CNC1. The summed E-state index contributed by atoms with van der Waals surface area (Å²) in [5.41, 5.74) is -0.529. The van der Waals surface area contributed by atoms with Gasteiger partial charge in [0.1, 0.15) is 5.60 Å². The van der Waals surface area contributed by atoms with Gasteiger partial charge in [-0.1, -0.05) is 0 Å². The highest BCUT2D eigenvalue weighted by Gasteiger charge is 2.42. The van der Waals surface area contributed by atoms with Crippen LogP contribution in [0.5, 0.6) is 0 Å². The molecule has 1 N–H and O–H groups in total. The van der Waals surface area contributed by atoms with Gasteiger partial charge < -0.3 is 19.7 Å². The highest BCUT2D eigenvalue weighted by molar-refractivity contribution is 5.68. The second kappa shape index (κ2) is 5.90. The van der Waals surface area contributed by atoms with Gasteiger partial charge in [-0.15, -0.1) is 0 Å². The number of nitrogens with zero attached hydrogens (tertiary/aromatic N) is 1. The van der Waals surface area contributed by atoms with Gasteiger partial charge in [-0.05, 0) is 46.5 Å². The number of rotatable bonds is 3. The zero-order valence-corrected chi connectivity index (χ0v) is 13.2. The average molecular weight is 284 g/mol. The van der Waals surface area contributed by atoms with Gasteiger partial charge in [-0.3, -0.25) is 0 Å². The fourth-order valence-corrected chi connectivity index (χ4v) is 2.98. The van der Waals surface area contributed by atoms with E-state index in [1.165, 1.54) is 6.42 Å². The molecule has 20 heavy (non-hydrogen) atoms. The van der Waals surface area contributed by atoms with Crippen LogP contribution in [0.3, 0.4) is 0 Å². The van der Waals surface area contributed by atoms with E-state index in [2.05, 4.69) is 5.32 Å². The summed E-state index contributed by atoms with van der Waals surface area (Å²) in [4.78, 5) is 14.3. The molecule has 2 aliphatic rings. The second-order valence-electron chi connectivity index (χ2n) is 7.02. The number of likely N-dealkylation sites (tertiary alicyclic amines) is 1. The van der Waals surface area contributed by atoms with E-state index in [9.17, 15) is 4.79 Å². The summed E-state index contributed by atoms with van der Waals surface area (Å²) >= 11 is 0. The first-order valence-corrected chi connectivity index (χ1v) is 7.61. The number of carbonyl (C=O) groups excluding carboxylic acids is 1. The van der Waals surface area contributed by atoms with E-state index in [0.29, 0.717) is 0 Å². The van der Waals surface area contributed by atoms with E-state index in [1.807, 2.05) is 25.7 Å². The molecule has 0 aromatic heterocycles. The summed E-state index contributed by atoms with van der Waals surface area (Å²) in [5.74, 6) is 0. The number of amides is 1. The molecule has 1 atom stereocenters. The van der Waals surface area contributed by atoms with Gasteiger partial charge in [-0.25, -0.2) is 4.79 Å². The normalized spacial score (nSPS) is 26.0. The third-order valence-electron chi connectivity index (χ3n) is 4.19. The van der Waals surface area contributed by atoms with Crippen LogP contribution in [0.2, 0.25) is 0 Å². The van der Waals surface area contributed by atoms with Gasteiger partial charge in [0, 0.05) is 32.8 Å². The Balaban J connectivity index is 1.99. The molecule has 5 heteroatoms. The number of methoxy groups -OCH3 is 1. The van der Waals surface area contributed by atoms with E-state index in [1.54, 1.807) is 7.11 Å². The van der Waals surface area contributed by atoms with Crippen molar-refractivity contribution in [3.8, 4) is 0 Å². The molecular formula is C15H28N2O3. The molecule has 2 aliphatic heterocycles. The van der Waals surface area contributed by atoms with E-state index in [4.69, 9.17) is 9.47 Å². The molecule has 2 saturated heterocycles. The molecule has 0 bridgehead atoms. The summed E-state index contributed by atoms with van der Waals surface area (Å²) in [6.45, 7) is 8.29.